The molecule has 78 valence electrons. The lowest BCUT2D eigenvalue weighted by molar-refractivity contribution is -0.114. The second kappa shape index (κ2) is 4.81. The van der Waals surface area contributed by atoms with Crippen LogP contribution in [0.15, 0.2) is 24.0 Å². The molecule has 0 radical (unpaired) electrons. The fourth-order valence-corrected chi connectivity index (χ4v) is 1.23. The summed E-state index contributed by atoms with van der Waals surface area (Å²) >= 11 is 0. The maximum atomic E-state index is 10.9. The third-order valence-corrected chi connectivity index (χ3v) is 2.08. The standard InChI is InChI=1S/C10H17N3O/c1-12(2)6-7-13-5-3-4-9(8-13)10(11)14/h3,5,8H,4,6-7H2,1-2H3,(H2,11,14). The van der Waals surface area contributed by atoms with Crippen LogP contribution in [0, 0.1) is 0 Å². The van der Waals surface area contributed by atoms with Crippen LogP contribution in [0.2, 0.25) is 0 Å². The maximum absolute atomic E-state index is 10.9. The Hall–Kier alpha value is -1.29. The molecule has 0 aromatic carbocycles. The highest BCUT2D eigenvalue weighted by molar-refractivity contribution is 5.92. The third-order valence-electron chi connectivity index (χ3n) is 2.08. The molecule has 4 heteroatoms. The molecule has 4 nitrogen and oxygen atoms in total. The zero-order valence-electron chi connectivity index (χ0n) is 8.73. The summed E-state index contributed by atoms with van der Waals surface area (Å²) in [5.41, 5.74) is 5.88. The minimum Gasteiger partial charge on any atom is -0.366 e. The van der Waals surface area contributed by atoms with Crippen molar-refractivity contribution in [2.45, 2.75) is 6.42 Å². The van der Waals surface area contributed by atoms with Gasteiger partial charge < -0.3 is 15.5 Å². The summed E-state index contributed by atoms with van der Waals surface area (Å²) in [6.45, 7) is 1.83. The molecule has 1 aliphatic rings. The van der Waals surface area contributed by atoms with Crippen LogP contribution >= 0.6 is 0 Å². The Bertz CT molecular complexity index is 269. The van der Waals surface area contributed by atoms with Crippen LogP contribution in [-0.2, 0) is 4.79 Å². The molecule has 1 aliphatic heterocycles. The summed E-state index contributed by atoms with van der Waals surface area (Å²) in [4.78, 5) is 15.0. The number of primary amides is 1. The summed E-state index contributed by atoms with van der Waals surface area (Å²) < 4.78 is 0. The highest BCUT2D eigenvalue weighted by Crippen LogP contribution is 2.10. The van der Waals surface area contributed by atoms with Gasteiger partial charge in [-0.15, -0.1) is 0 Å². The van der Waals surface area contributed by atoms with Crippen molar-refractivity contribution in [2.75, 3.05) is 27.2 Å². The van der Waals surface area contributed by atoms with Gasteiger partial charge in [-0.3, -0.25) is 4.79 Å². The Morgan fingerprint density at radius 2 is 2.36 bits per heavy atom. The minimum absolute atomic E-state index is 0.329. The van der Waals surface area contributed by atoms with E-state index in [9.17, 15) is 4.79 Å². The molecule has 2 N–H and O–H groups in total. The van der Waals surface area contributed by atoms with E-state index < -0.39 is 0 Å². The summed E-state index contributed by atoms with van der Waals surface area (Å²) in [5, 5.41) is 0. The zero-order valence-corrected chi connectivity index (χ0v) is 8.73. The minimum atomic E-state index is -0.329. The van der Waals surface area contributed by atoms with Crippen LogP contribution in [-0.4, -0.2) is 42.9 Å². The van der Waals surface area contributed by atoms with Gasteiger partial charge in [-0.1, -0.05) is 6.08 Å². The van der Waals surface area contributed by atoms with Crippen LogP contribution < -0.4 is 5.73 Å². The topological polar surface area (TPSA) is 49.6 Å². The molecule has 0 saturated heterocycles. The van der Waals surface area contributed by atoms with Crippen LogP contribution in [0.1, 0.15) is 6.42 Å². The molecular weight excluding hydrogens is 178 g/mol. The van der Waals surface area contributed by atoms with E-state index in [-0.39, 0.29) is 5.91 Å². The van der Waals surface area contributed by atoms with Gasteiger partial charge in [0.05, 0.1) is 0 Å². The second-order valence-electron chi connectivity index (χ2n) is 3.65. The van der Waals surface area contributed by atoms with Crippen molar-refractivity contribution in [1.82, 2.24) is 9.80 Å². The average molecular weight is 195 g/mol. The number of carbonyl (C=O) groups is 1. The molecule has 0 unspecified atom stereocenters. The highest BCUT2D eigenvalue weighted by Gasteiger charge is 2.09. The fourth-order valence-electron chi connectivity index (χ4n) is 1.23. The van der Waals surface area contributed by atoms with Gasteiger partial charge in [-0.2, -0.15) is 0 Å². The molecule has 14 heavy (non-hydrogen) atoms. The lowest BCUT2D eigenvalue weighted by Gasteiger charge is -2.22. The van der Waals surface area contributed by atoms with Crippen molar-refractivity contribution in [3.63, 3.8) is 0 Å². The number of likely N-dealkylation sites (N-methyl/N-ethyl adjacent to an activating group) is 1. The van der Waals surface area contributed by atoms with Gasteiger partial charge in [0.2, 0.25) is 5.91 Å². The van der Waals surface area contributed by atoms with Crippen molar-refractivity contribution < 1.29 is 4.79 Å². The van der Waals surface area contributed by atoms with E-state index in [1.54, 1.807) is 0 Å². The van der Waals surface area contributed by atoms with Gasteiger partial charge in [0.25, 0.3) is 0 Å². The fraction of sp³-hybridized carbons (Fsp3) is 0.500. The lowest BCUT2D eigenvalue weighted by Crippen LogP contribution is -2.27. The van der Waals surface area contributed by atoms with Gasteiger partial charge >= 0.3 is 0 Å². The summed E-state index contributed by atoms with van der Waals surface area (Å²) in [5.74, 6) is -0.329. The Morgan fingerprint density at radius 1 is 1.64 bits per heavy atom. The highest BCUT2D eigenvalue weighted by atomic mass is 16.1. The van der Waals surface area contributed by atoms with Gasteiger partial charge in [0, 0.05) is 24.9 Å². The summed E-state index contributed by atoms with van der Waals surface area (Å²) in [7, 11) is 4.04. The van der Waals surface area contributed by atoms with Crippen molar-refractivity contribution >= 4 is 5.91 Å². The Balaban J connectivity index is 2.49. The number of rotatable bonds is 4. The molecular formula is C10H17N3O. The number of hydrogen-bond acceptors (Lipinski definition) is 3. The molecule has 0 fully saturated rings. The molecule has 0 saturated carbocycles. The molecule has 1 heterocycles. The van der Waals surface area contributed by atoms with Gasteiger partial charge in [-0.05, 0) is 26.7 Å². The second-order valence-corrected chi connectivity index (χ2v) is 3.65. The molecule has 0 atom stereocenters. The molecule has 0 aromatic rings. The Morgan fingerprint density at radius 3 is 2.93 bits per heavy atom. The van der Waals surface area contributed by atoms with E-state index in [0.717, 1.165) is 13.1 Å². The van der Waals surface area contributed by atoms with Gasteiger partial charge in [0.15, 0.2) is 0 Å². The number of nitrogens with zero attached hydrogens (tertiary/aromatic N) is 2. The normalized spacial score (nSPS) is 15.9. The average Bonchev–Trinajstić information content (AvgIpc) is 2.15. The third kappa shape index (κ3) is 3.22. The molecule has 1 amide bonds. The molecule has 0 aromatic heterocycles. The Kier molecular flexibility index (Phi) is 3.71. The first-order valence-corrected chi connectivity index (χ1v) is 4.67. The number of nitrogens with two attached hydrogens (primary N) is 1. The van der Waals surface area contributed by atoms with Crippen LogP contribution in [0.5, 0.6) is 0 Å². The molecule has 0 bridgehead atoms. The first-order chi connectivity index (χ1) is 6.59. The van der Waals surface area contributed by atoms with Crippen molar-refractivity contribution in [3.8, 4) is 0 Å². The predicted molar refractivity (Wildman–Crippen MR) is 56.3 cm³/mol. The van der Waals surface area contributed by atoms with E-state index in [4.69, 9.17) is 5.73 Å². The van der Waals surface area contributed by atoms with Gasteiger partial charge in [0.1, 0.15) is 0 Å². The van der Waals surface area contributed by atoms with Gasteiger partial charge in [-0.25, -0.2) is 0 Å². The van der Waals surface area contributed by atoms with Crippen LogP contribution in [0.25, 0.3) is 0 Å². The smallest absolute Gasteiger partial charge is 0.246 e. The Labute approximate surface area is 84.7 Å². The van der Waals surface area contributed by atoms with E-state index in [1.807, 2.05) is 37.5 Å². The summed E-state index contributed by atoms with van der Waals surface area (Å²) in [6, 6.07) is 0. The first-order valence-electron chi connectivity index (χ1n) is 4.67. The number of amides is 1. The molecule has 1 rings (SSSR count). The predicted octanol–water partition coefficient (Wildman–Crippen LogP) is 0.137. The van der Waals surface area contributed by atoms with Crippen LogP contribution in [0.3, 0.4) is 0 Å². The lowest BCUT2D eigenvalue weighted by atomic mass is 10.1. The van der Waals surface area contributed by atoms with Crippen molar-refractivity contribution in [1.29, 1.82) is 0 Å². The van der Waals surface area contributed by atoms with Crippen LogP contribution in [0.4, 0.5) is 0 Å². The van der Waals surface area contributed by atoms with Crippen molar-refractivity contribution in [2.24, 2.45) is 5.73 Å². The molecule has 0 aliphatic carbocycles. The quantitative estimate of drug-likeness (QED) is 0.694. The largest absolute Gasteiger partial charge is 0.366 e. The van der Waals surface area contributed by atoms with E-state index in [1.165, 1.54) is 0 Å². The monoisotopic (exact) mass is 195 g/mol. The number of allylic oxidation sites excluding steroid dienone is 1. The zero-order chi connectivity index (χ0) is 10.6. The molecule has 0 spiro atoms. The number of hydrogen-bond donors (Lipinski definition) is 1. The number of carbonyl (C=O) groups excluding carboxylic acids is 1. The van der Waals surface area contributed by atoms with Crippen molar-refractivity contribution in [3.05, 3.63) is 24.0 Å². The maximum Gasteiger partial charge on any atom is 0.246 e. The first kappa shape index (κ1) is 10.8. The SMILES string of the molecule is CN(C)CCN1C=CCC(C(N)=O)=C1. The van der Waals surface area contributed by atoms with E-state index >= 15 is 0 Å². The summed E-state index contributed by atoms with van der Waals surface area (Å²) in [6.07, 6.45) is 6.41. The van der Waals surface area contributed by atoms with E-state index in [2.05, 4.69) is 4.90 Å². The van der Waals surface area contributed by atoms with E-state index in [0.29, 0.717) is 12.0 Å².